The van der Waals surface area contributed by atoms with Gasteiger partial charge in [0.2, 0.25) is 5.91 Å². The van der Waals surface area contributed by atoms with Crippen molar-refractivity contribution >= 4 is 17.6 Å². The van der Waals surface area contributed by atoms with Crippen LogP contribution < -0.4 is 5.32 Å². The predicted octanol–water partition coefficient (Wildman–Crippen LogP) is 3.16. The second-order valence-electron chi connectivity index (χ2n) is 5.76. The number of aliphatic carboxylic acids is 1. The Morgan fingerprint density at radius 1 is 1.41 bits per heavy atom. The van der Waals surface area contributed by atoms with Crippen LogP contribution in [0.4, 0.5) is 5.69 Å². The molecule has 0 radical (unpaired) electrons. The first kappa shape index (κ1) is 16.5. The molecule has 1 heterocycles. The summed E-state index contributed by atoms with van der Waals surface area (Å²) in [5.74, 6) is -1.53. The predicted molar refractivity (Wildman–Crippen MR) is 83.9 cm³/mol. The number of carbonyl (C=O) groups excluding carboxylic acids is 1. The number of carboxylic acids is 1. The third-order valence-corrected chi connectivity index (χ3v) is 4.01. The van der Waals surface area contributed by atoms with E-state index in [0.717, 1.165) is 25.9 Å². The van der Waals surface area contributed by atoms with E-state index in [9.17, 15) is 9.59 Å². The Hall–Kier alpha value is -1.88. The molecule has 0 saturated carbocycles. The van der Waals surface area contributed by atoms with Crippen LogP contribution in [0.3, 0.4) is 0 Å². The van der Waals surface area contributed by atoms with Crippen molar-refractivity contribution in [1.82, 2.24) is 0 Å². The lowest BCUT2D eigenvalue weighted by atomic mass is 10.0. The summed E-state index contributed by atoms with van der Waals surface area (Å²) >= 11 is 0. The van der Waals surface area contributed by atoms with Gasteiger partial charge in [-0.3, -0.25) is 9.59 Å². The van der Waals surface area contributed by atoms with E-state index in [4.69, 9.17) is 9.84 Å². The molecule has 120 valence electrons. The van der Waals surface area contributed by atoms with Gasteiger partial charge in [-0.1, -0.05) is 12.1 Å². The lowest BCUT2D eigenvalue weighted by molar-refractivity contribution is -0.138. The van der Waals surface area contributed by atoms with Crippen LogP contribution in [0.15, 0.2) is 24.3 Å². The van der Waals surface area contributed by atoms with Crippen molar-refractivity contribution in [3.63, 3.8) is 0 Å². The molecular weight excluding hydrogens is 282 g/mol. The van der Waals surface area contributed by atoms with Gasteiger partial charge in [-0.15, -0.1) is 0 Å². The van der Waals surface area contributed by atoms with Gasteiger partial charge in [0.15, 0.2) is 0 Å². The maximum atomic E-state index is 12.0. The average Bonchev–Trinajstić information content (AvgIpc) is 2.53. The number of ether oxygens (including phenoxy) is 1. The Morgan fingerprint density at radius 2 is 2.23 bits per heavy atom. The molecule has 22 heavy (non-hydrogen) atoms. The van der Waals surface area contributed by atoms with E-state index in [1.807, 2.05) is 0 Å². The van der Waals surface area contributed by atoms with E-state index in [2.05, 4.69) is 5.32 Å². The van der Waals surface area contributed by atoms with E-state index >= 15 is 0 Å². The van der Waals surface area contributed by atoms with Crippen molar-refractivity contribution in [3.8, 4) is 0 Å². The monoisotopic (exact) mass is 305 g/mol. The summed E-state index contributed by atoms with van der Waals surface area (Å²) in [6, 6.07) is 7.00. The van der Waals surface area contributed by atoms with Gasteiger partial charge in [0.25, 0.3) is 0 Å². The molecule has 1 fully saturated rings. The van der Waals surface area contributed by atoms with Crippen molar-refractivity contribution in [2.75, 3.05) is 11.9 Å². The summed E-state index contributed by atoms with van der Waals surface area (Å²) < 4.78 is 5.61. The minimum absolute atomic E-state index is 0.0608. The van der Waals surface area contributed by atoms with Gasteiger partial charge < -0.3 is 15.2 Å². The molecule has 1 aromatic carbocycles. The van der Waals surface area contributed by atoms with Crippen LogP contribution in [0.2, 0.25) is 0 Å². The summed E-state index contributed by atoms with van der Waals surface area (Å²) in [5, 5.41) is 11.9. The SMILES string of the molecule is CC(C(=O)O)c1cccc(NC(=O)CCC2CCCCO2)c1. The molecule has 0 bridgehead atoms. The maximum Gasteiger partial charge on any atom is 0.310 e. The molecule has 2 atom stereocenters. The molecule has 0 spiro atoms. The summed E-state index contributed by atoms with van der Waals surface area (Å²) in [5.41, 5.74) is 1.32. The fourth-order valence-corrected chi connectivity index (χ4v) is 2.58. The number of hydrogen-bond donors (Lipinski definition) is 2. The van der Waals surface area contributed by atoms with Crippen molar-refractivity contribution < 1.29 is 19.4 Å². The molecule has 2 unspecified atom stereocenters. The van der Waals surface area contributed by atoms with Crippen molar-refractivity contribution in [3.05, 3.63) is 29.8 Å². The van der Waals surface area contributed by atoms with Crippen molar-refractivity contribution in [2.45, 2.75) is 51.0 Å². The fraction of sp³-hybridized carbons (Fsp3) is 0.529. The van der Waals surface area contributed by atoms with E-state index in [1.165, 1.54) is 6.42 Å². The summed E-state index contributed by atoms with van der Waals surface area (Å²) in [7, 11) is 0. The molecule has 0 aliphatic carbocycles. The molecule has 1 aliphatic rings. The highest BCUT2D eigenvalue weighted by Gasteiger charge is 2.16. The number of carbonyl (C=O) groups is 2. The number of hydrogen-bond acceptors (Lipinski definition) is 3. The van der Waals surface area contributed by atoms with E-state index in [1.54, 1.807) is 31.2 Å². The molecule has 2 N–H and O–H groups in total. The number of carboxylic acid groups (broad SMARTS) is 1. The first-order chi connectivity index (χ1) is 10.6. The van der Waals surface area contributed by atoms with Crippen LogP contribution in [0, 0.1) is 0 Å². The van der Waals surface area contributed by atoms with E-state index in [0.29, 0.717) is 17.7 Å². The highest BCUT2D eigenvalue weighted by atomic mass is 16.5. The molecule has 1 amide bonds. The smallest absolute Gasteiger partial charge is 0.310 e. The average molecular weight is 305 g/mol. The van der Waals surface area contributed by atoms with Crippen LogP contribution in [-0.4, -0.2) is 29.7 Å². The summed E-state index contributed by atoms with van der Waals surface area (Å²) in [6.07, 6.45) is 4.65. The minimum Gasteiger partial charge on any atom is -0.481 e. The number of rotatable bonds is 6. The van der Waals surface area contributed by atoms with Crippen molar-refractivity contribution in [2.24, 2.45) is 0 Å². The van der Waals surface area contributed by atoms with E-state index in [-0.39, 0.29) is 12.0 Å². The molecule has 5 heteroatoms. The normalized spacial score (nSPS) is 19.4. The first-order valence-corrected chi connectivity index (χ1v) is 7.80. The van der Waals surface area contributed by atoms with Gasteiger partial charge >= 0.3 is 5.97 Å². The van der Waals surface area contributed by atoms with E-state index < -0.39 is 11.9 Å². The standard InChI is InChI=1S/C17H23NO4/c1-12(17(20)21)13-5-4-6-14(11-13)18-16(19)9-8-15-7-2-3-10-22-15/h4-6,11-12,15H,2-3,7-10H2,1H3,(H,18,19)(H,20,21). The van der Waals surface area contributed by atoms with Crippen LogP contribution >= 0.6 is 0 Å². The topological polar surface area (TPSA) is 75.6 Å². The minimum atomic E-state index is -0.877. The number of nitrogens with one attached hydrogen (secondary N) is 1. The third kappa shape index (κ3) is 4.84. The maximum absolute atomic E-state index is 12.0. The lowest BCUT2D eigenvalue weighted by Crippen LogP contribution is -2.21. The summed E-state index contributed by atoms with van der Waals surface area (Å²) in [4.78, 5) is 23.0. The number of benzene rings is 1. The lowest BCUT2D eigenvalue weighted by Gasteiger charge is -2.22. The van der Waals surface area contributed by atoms with Gasteiger partial charge in [0, 0.05) is 18.7 Å². The Bertz CT molecular complexity index is 523. The molecule has 1 aliphatic heterocycles. The highest BCUT2D eigenvalue weighted by molar-refractivity contribution is 5.91. The fourth-order valence-electron chi connectivity index (χ4n) is 2.58. The largest absolute Gasteiger partial charge is 0.481 e. The van der Waals surface area contributed by atoms with Crippen LogP contribution in [0.25, 0.3) is 0 Å². The Labute approximate surface area is 130 Å². The van der Waals surface area contributed by atoms with Crippen LogP contribution in [0.5, 0.6) is 0 Å². The van der Waals surface area contributed by atoms with Crippen LogP contribution in [0.1, 0.15) is 50.5 Å². The molecule has 5 nitrogen and oxygen atoms in total. The van der Waals surface area contributed by atoms with Crippen molar-refractivity contribution in [1.29, 1.82) is 0 Å². The molecule has 1 saturated heterocycles. The summed E-state index contributed by atoms with van der Waals surface area (Å²) in [6.45, 7) is 2.42. The molecule has 0 aromatic heterocycles. The van der Waals surface area contributed by atoms with Gasteiger partial charge in [-0.2, -0.15) is 0 Å². The zero-order valence-corrected chi connectivity index (χ0v) is 12.9. The first-order valence-electron chi connectivity index (χ1n) is 7.80. The Balaban J connectivity index is 1.85. The zero-order chi connectivity index (χ0) is 15.9. The number of anilines is 1. The number of amides is 1. The van der Waals surface area contributed by atoms with Gasteiger partial charge in [-0.25, -0.2) is 0 Å². The third-order valence-electron chi connectivity index (χ3n) is 4.01. The van der Waals surface area contributed by atoms with Gasteiger partial charge in [-0.05, 0) is 50.3 Å². The second kappa shape index (κ2) is 7.94. The van der Waals surface area contributed by atoms with Crippen LogP contribution in [-0.2, 0) is 14.3 Å². The quantitative estimate of drug-likeness (QED) is 0.846. The molecular formula is C17H23NO4. The second-order valence-corrected chi connectivity index (χ2v) is 5.76. The van der Waals surface area contributed by atoms with Gasteiger partial charge in [0.05, 0.1) is 12.0 Å². The Morgan fingerprint density at radius 3 is 2.91 bits per heavy atom. The highest BCUT2D eigenvalue weighted by Crippen LogP contribution is 2.20. The Kier molecular flexibility index (Phi) is 5.95. The zero-order valence-electron chi connectivity index (χ0n) is 12.9. The molecule has 1 aromatic rings. The van der Waals surface area contributed by atoms with Gasteiger partial charge in [0.1, 0.15) is 0 Å². The molecule has 2 rings (SSSR count).